The van der Waals surface area contributed by atoms with Gasteiger partial charge in [-0.05, 0) is 24.3 Å². The molecule has 3 rings (SSSR count). The summed E-state index contributed by atoms with van der Waals surface area (Å²) in [4.78, 5) is 10.9. The van der Waals surface area contributed by atoms with E-state index in [1.807, 2.05) is 24.3 Å². The SMILES string of the molecule is O=[N+]([O-])c1c(Nc2ccccc2Cl)sc2ccccc12. The Morgan fingerprint density at radius 1 is 1.10 bits per heavy atom. The fourth-order valence-corrected chi connectivity index (χ4v) is 3.25. The van der Waals surface area contributed by atoms with Gasteiger partial charge in [0.2, 0.25) is 0 Å². The van der Waals surface area contributed by atoms with Gasteiger partial charge in [-0.2, -0.15) is 0 Å². The van der Waals surface area contributed by atoms with E-state index in [0.717, 1.165) is 4.70 Å². The predicted octanol–water partition coefficient (Wildman–Crippen LogP) is 5.21. The van der Waals surface area contributed by atoms with Crippen molar-refractivity contribution < 1.29 is 4.92 Å². The minimum absolute atomic E-state index is 0.0884. The van der Waals surface area contributed by atoms with Crippen LogP contribution < -0.4 is 5.32 Å². The van der Waals surface area contributed by atoms with Crippen LogP contribution in [0.25, 0.3) is 10.1 Å². The van der Waals surface area contributed by atoms with Crippen molar-refractivity contribution in [2.45, 2.75) is 0 Å². The van der Waals surface area contributed by atoms with Gasteiger partial charge in [0.05, 0.1) is 21.0 Å². The van der Waals surface area contributed by atoms with Crippen molar-refractivity contribution in [1.82, 2.24) is 0 Å². The molecule has 0 aliphatic rings. The first-order chi connectivity index (χ1) is 9.66. The van der Waals surface area contributed by atoms with Crippen LogP contribution in [-0.4, -0.2) is 4.92 Å². The largest absolute Gasteiger partial charge is 0.340 e. The fourth-order valence-electron chi connectivity index (χ4n) is 1.98. The van der Waals surface area contributed by atoms with Crippen LogP contribution in [-0.2, 0) is 0 Å². The quantitative estimate of drug-likeness (QED) is 0.534. The summed E-state index contributed by atoms with van der Waals surface area (Å²) >= 11 is 7.42. The van der Waals surface area contributed by atoms with Crippen molar-refractivity contribution in [3.05, 3.63) is 63.7 Å². The highest BCUT2D eigenvalue weighted by molar-refractivity contribution is 7.23. The summed E-state index contributed by atoms with van der Waals surface area (Å²) in [5.74, 6) is 0. The molecule has 0 unspecified atom stereocenters. The summed E-state index contributed by atoms with van der Waals surface area (Å²) in [6.45, 7) is 0. The molecule has 0 aliphatic carbocycles. The van der Waals surface area contributed by atoms with Gasteiger partial charge in [-0.25, -0.2) is 0 Å². The molecule has 0 saturated carbocycles. The second kappa shape index (κ2) is 5.11. The van der Waals surface area contributed by atoms with Crippen molar-refractivity contribution >= 4 is 49.4 Å². The van der Waals surface area contributed by atoms with Crippen LogP contribution in [0.4, 0.5) is 16.4 Å². The average molecular weight is 305 g/mol. The first-order valence-corrected chi connectivity index (χ1v) is 7.04. The fraction of sp³-hybridized carbons (Fsp3) is 0. The molecular weight excluding hydrogens is 296 g/mol. The summed E-state index contributed by atoms with van der Waals surface area (Å²) < 4.78 is 0.869. The Kier molecular flexibility index (Phi) is 3.30. The van der Waals surface area contributed by atoms with Crippen LogP contribution in [0.15, 0.2) is 48.5 Å². The Bertz CT molecular complexity index is 801. The number of rotatable bonds is 3. The van der Waals surface area contributed by atoms with E-state index in [-0.39, 0.29) is 10.6 Å². The number of nitro groups is 1. The molecule has 3 aromatic rings. The van der Waals surface area contributed by atoms with Gasteiger partial charge < -0.3 is 5.32 Å². The Morgan fingerprint density at radius 3 is 2.55 bits per heavy atom. The van der Waals surface area contributed by atoms with E-state index >= 15 is 0 Å². The molecule has 0 saturated heterocycles. The maximum Gasteiger partial charge on any atom is 0.311 e. The Balaban J connectivity index is 2.14. The Morgan fingerprint density at radius 2 is 1.80 bits per heavy atom. The zero-order valence-electron chi connectivity index (χ0n) is 10.2. The third-order valence-electron chi connectivity index (χ3n) is 2.87. The second-order valence-corrected chi connectivity index (χ2v) is 5.60. The molecule has 100 valence electrons. The van der Waals surface area contributed by atoms with Crippen molar-refractivity contribution in [3.8, 4) is 0 Å². The normalized spacial score (nSPS) is 10.7. The summed E-state index contributed by atoms with van der Waals surface area (Å²) in [5, 5.41) is 16.0. The van der Waals surface area contributed by atoms with Crippen molar-refractivity contribution in [1.29, 1.82) is 0 Å². The third-order valence-corrected chi connectivity index (χ3v) is 4.28. The van der Waals surface area contributed by atoms with Gasteiger partial charge in [-0.1, -0.05) is 35.9 Å². The summed E-state index contributed by atoms with van der Waals surface area (Å²) in [5.41, 5.74) is 0.745. The first-order valence-electron chi connectivity index (χ1n) is 5.84. The van der Waals surface area contributed by atoms with Gasteiger partial charge >= 0.3 is 5.69 Å². The molecule has 4 nitrogen and oxygen atoms in total. The van der Waals surface area contributed by atoms with Gasteiger partial charge in [0.1, 0.15) is 0 Å². The van der Waals surface area contributed by atoms with Gasteiger partial charge in [-0.15, -0.1) is 11.3 Å². The number of nitrogens with zero attached hydrogens (tertiary/aromatic N) is 1. The highest BCUT2D eigenvalue weighted by atomic mass is 35.5. The maximum atomic E-state index is 11.3. The third kappa shape index (κ3) is 2.21. The van der Waals surface area contributed by atoms with Crippen LogP contribution in [0.3, 0.4) is 0 Å². The molecule has 0 bridgehead atoms. The van der Waals surface area contributed by atoms with Gasteiger partial charge in [0, 0.05) is 4.70 Å². The highest BCUT2D eigenvalue weighted by Gasteiger charge is 2.22. The molecule has 0 spiro atoms. The number of hydrogen-bond donors (Lipinski definition) is 1. The van der Waals surface area contributed by atoms with Crippen LogP contribution in [0, 0.1) is 10.1 Å². The zero-order chi connectivity index (χ0) is 14.1. The molecule has 1 aromatic heterocycles. The molecule has 2 aromatic carbocycles. The van der Waals surface area contributed by atoms with Crippen LogP contribution in [0.5, 0.6) is 0 Å². The van der Waals surface area contributed by atoms with E-state index in [9.17, 15) is 10.1 Å². The van der Waals surface area contributed by atoms with Crippen molar-refractivity contribution in [2.75, 3.05) is 5.32 Å². The Hall–Kier alpha value is -2.11. The summed E-state index contributed by atoms with van der Waals surface area (Å²) in [6, 6.07) is 14.4. The standard InChI is InChI=1S/C14H9ClN2O2S/c15-10-6-2-3-7-11(10)16-14-13(17(18)19)9-5-1-4-8-12(9)20-14/h1-8,16H. The number of benzene rings is 2. The summed E-state index contributed by atoms with van der Waals surface area (Å²) in [6.07, 6.45) is 0. The first kappa shape index (κ1) is 12.9. The molecule has 6 heteroatoms. The maximum absolute atomic E-state index is 11.3. The number of para-hydroxylation sites is 1. The van der Waals surface area contributed by atoms with Gasteiger partial charge in [0.15, 0.2) is 5.00 Å². The molecular formula is C14H9ClN2O2S. The molecule has 1 N–H and O–H groups in total. The van der Waals surface area contributed by atoms with Crippen molar-refractivity contribution in [3.63, 3.8) is 0 Å². The molecule has 1 heterocycles. The number of fused-ring (bicyclic) bond motifs is 1. The second-order valence-electron chi connectivity index (χ2n) is 4.14. The molecule has 0 amide bonds. The number of anilines is 2. The Labute approximate surface area is 123 Å². The molecule has 0 aliphatic heterocycles. The average Bonchev–Trinajstić information content (AvgIpc) is 2.79. The lowest BCUT2D eigenvalue weighted by atomic mass is 10.2. The van der Waals surface area contributed by atoms with Crippen molar-refractivity contribution in [2.24, 2.45) is 0 Å². The van der Waals surface area contributed by atoms with Gasteiger partial charge in [0.25, 0.3) is 0 Å². The smallest absolute Gasteiger partial charge is 0.311 e. The molecule has 0 atom stereocenters. The molecule has 20 heavy (non-hydrogen) atoms. The van der Waals surface area contributed by atoms with E-state index in [1.54, 1.807) is 24.3 Å². The predicted molar refractivity (Wildman–Crippen MR) is 83.2 cm³/mol. The number of halogens is 1. The molecule has 0 radical (unpaired) electrons. The van der Waals surface area contributed by atoms with E-state index in [2.05, 4.69) is 5.32 Å². The van der Waals surface area contributed by atoms with Crippen LogP contribution >= 0.6 is 22.9 Å². The lowest BCUT2D eigenvalue weighted by Crippen LogP contribution is -1.94. The summed E-state index contributed by atoms with van der Waals surface area (Å²) in [7, 11) is 0. The number of hydrogen-bond acceptors (Lipinski definition) is 4. The van der Waals surface area contributed by atoms with E-state index in [0.29, 0.717) is 21.1 Å². The molecule has 0 fully saturated rings. The monoisotopic (exact) mass is 304 g/mol. The topological polar surface area (TPSA) is 55.2 Å². The minimum Gasteiger partial charge on any atom is -0.340 e. The minimum atomic E-state index is -0.363. The van der Waals surface area contributed by atoms with Crippen LogP contribution in [0.1, 0.15) is 0 Å². The lowest BCUT2D eigenvalue weighted by Gasteiger charge is -2.05. The van der Waals surface area contributed by atoms with E-state index < -0.39 is 0 Å². The number of nitrogens with one attached hydrogen (secondary N) is 1. The van der Waals surface area contributed by atoms with E-state index in [1.165, 1.54) is 11.3 Å². The number of thiophene rings is 1. The highest BCUT2D eigenvalue weighted by Crippen LogP contribution is 2.43. The zero-order valence-corrected chi connectivity index (χ0v) is 11.7. The van der Waals surface area contributed by atoms with Crippen LogP contribution in [0.2, 0.25) is 5.02 Å². The van der Waals surface area contributed by atoms with E-state index in [4.69, 9.17) is 11.6 Å². The van der Waals surface area contributed by atoms with Gasteiger partial charge in [-0.3, -0.25) is 10.1 Å². The lowest BCUT2D eigenvalue weighted by molar-refractivity contribution is -0.381.